The average molecular weight is 288 g/mol. The second-order valence-electron chi connectivity index (χ2n) is 4.29. The lowest BCUT2D eigenvalue weighted by atomic mass is 10.0. The number of rotatable bonds is 7. The van der Waals surface area contributed by atoms with Gasteiger partial charge in [-0.25, -0.2) is 9.89 Å². The van der Waals surface area contributed by atoms with Crippen LogP contribution in [0.25, 0.3) is 0 Å². The van der Waals surface area contributed by atoms with Crippen molar-refractivity contribution in [2.45, 2.75) is 44.4 Å². The number of ether oxygens (including phenoxy) is 1. The lowest BCUT2D eigenvalue weighted by Gasteiger charge is -2.21. The number of hydrogen-bond acceptors (Lipinski definition) is 6. The number of esters is 1. The van der Waals surface area contributed by atoms with E-state index in [2.05, 4.69) is 10.2 Å². The number of nitrogens with one attached hydrogen (secondary N) is 1. The number of hydrogen-bond donors (Lipinski definition) is 2. The Morgan fingerprint density at radius 1 is 1.58 bits per heavy atom. The van der Waals surface area contributed by atoms with Crippen LogP contribution in [0.1, 0.15) is 27.2 Å². The molecule has 0 aliphatic carbocycles. The molecule has 1 heterocycles. The SMILES string of the molecule is CCOC(=O)C(C)(N)CCSc1n[nH]c(=O)n1CC. The lowest BCUT2D eigenvalue weighted by Crippen LogP contribution is -2.46. The van der Waals surface area contributed by atoms with Gasteiger partial charge in [-0.3, -0.25) is 9.36 Å². The molecular formula is C11H20N4O3S. The highest BCUT2D eigenvalue weighted by Gasteiger charge is 2.29. The molecule has 0 saturated heterocycles. The molecule has 1 atom stereocenters. The number of carbonyl (C=O) groups is 1. The van der Waals surface area contributed by atoms with E-state index in [0.29, 0.717) is 30.5 Å². The molecule has 0 radical (unpaired) electrons. The molecule has 19 heavy (non-hydrogen) atoms. The molecule has 1 unspecified atom stereocenters. The Labute approximate surface area is 115 Å². The second kappa shape index (κ2) is 6.76. The van der Waals surface area contributed by atoms with Crippen LogP contribution >= 0.6 is 11.8 Å². The van der Waals surface area contributed by atoms with Crippen molar-refractivity contribution in [3.8, 4) is 0 Å². The highest BCUT2D eigenvalue weighted by atomic mass is 32.2. The van der Waals surface area contributed by atoms with E-state index in [0.717, 1.165) is 0 Å². The smallest absolute Gasteiger partial charge is 0.343 e. The van der Waals surface area contributed by atoms with Gasteiger partial charge in [-0.15, -0.1) is 5.10 Å². The minimum atomic E-state index is -1.02. The number of aromatic amines is 1. The zero-order valence-corrected chi connectivity index (χ0v) is 12.2. The van der Waals surface area contributed by atoms with Gasteiger partial charge in [0.15, 0.2) is 5.16 Å². The van der Waals surface area contributed by atoms with Crippen LogP contribution in [0, 0.1) is 0 Å². The summed E-state index contributed by atoms with van der Waals surface area (Å²) in [6.07, 6.45) is 0.446. The van der Waals surface area contributed by atoms with Gasteiger partial charge in [-0.05, 0) is 27.2 Å². The quantitative estimate of drug-likeness (QED) is 0.554. The number of thioether (sulfide) groups is 1. The van der Waals surface area contributed by atoms with Crippen LogP contribution in [0.15, 0.2) is 9.95 Å². The zero-order valence-electron chi connectivity index (χ0n) is 11.4. The van der Waals surface area contributed by atoms with Gasteiger partial charge in [-0.2, -0.15) is 0 Å². The summed E-state index contributed by atoms with van der Waals surface area (Å²) in [4.78, 5) is 23.0. The first-order valence-electron chi connectivity index (χ1n) is 6.16. The molecule has 1 aromatic heterocycles. The molecule has 108 valence electrons. The third-order valence-corrected chi connectivity index (χ3v) is 3.61. The van der Waals surface area contributed by atoms with E-state index >= 15 is 0 Å². The number of carbonyl (C=O) groups excluding carboxylic acids is 1. The van der Waals surface area contributed by atoms with Crippen molar-refractivity contribution >= 4 is 17.7 Å². The van der Waals surface area contributed by atoms with Gasteiger partial charge in [0.1, 0.15) is 5.54 Å². The zero-order chi connectivity index (χ0) is 14.5. The van der Waals surface area contributed by atoms with Gasteiger partial charge in [0.2, 0.25) is 0 Å². The topological polar surface area (TPSA) is 103 Å². The Kier molecular flexibility index (Phi) is 5.61. The monoisotopic (exact) mass is 288 g/mol. The minimum Gasteiger partial charge on any atom is -0.465 e. The third-order valence-electron chi connectivity index (χ3n) is 2.63. The van der Waals surface area contributed by atoms with Crippen LogP contribution < -0.4 is 11.4 Å². The summed E-state index contributed by atoms with van der Waals surface area (Å²) in [7, 11) is 0. The van der Waals surface area contributed by atoms with Crippen molar-refractivity contribution < 1.29 is 9.53 Å². The second-order valence-corrected chi connectivity index (χ2v) is 5.35. The summed E-state index contributed by atoms with van der Waals surface area (Å²) in [5, 5.41) is 6.92. The maximum atomic E-state index is 11.6. The van der Waals surface area contributed by atoms with Crippen molar-refractivity contribution in [2.24, 2.45) is 5.73 Å². The van der Waals surface area contributed by atoms with Crippen molar-refractivity contribution in [1.29, 1.82) is 0 Å². The average Bonchev–Trinajstić information content (AvgIpc) is 2.70. The normalized spacial score (nSPS) is 14.1. The van der Waals surface area contributed by atoms with Crippen LogP contribution in [0.3, 0.4) is 0 Å². The molecule has 3 N–H and O–H groups in total. The highest BCUT2D eigenvalue weighted by Crippen LogP contribution is 2.18. The largest absolute Gasteiger partial charge is 0.465 e. The van der Waals surface area contributed by atoms with Gasteiger partial charge < -0.3 is 10.5 Å². The van der Waals surface area contributed by atoms with Crippen molar-refractivity contribution in [1.82, 2.24) is 14.8 Å². The fourth-order valence-corrected chi connectivity index (χ4v) is 2.63. The van der Waals surface area contributed by atoms with Crippen molar-refractivity contribution in [3.05, 3.63) is 10.5 Å². The predicted molar refractivity (Wildman–Crippen MR) is 73.1 cm³/mol. The summed E-state index contributed by atoms with van der Waals surface area (Å²) in [6.45, 7) is 6.12. The van der Waals surface area contributed by atoms with Crippen LogP contribution in [0.2, 0.25) is 0 Å². The number of nitrogens with zero attached hydrogens (tertiary/aromatic N) is 2. The molecule has 1 rings (SSSR count). The van der Waals surface area contributed by atoms with Crippen LogP contribution in [0.5, 0.6) is 0 Å². The number of nitrogens with two attached hydrogens (primary N) is 1. The van der Waals surface area contributed by atoms with E-state index in [4.69, 9.17) is 10.5 Å². The maximum absolute atomic E-state index is 11.6. The standard InChI is InChI=1S/C11H20N4O3S/c1-4-15-9(17)13-14-10(15)19-7-6-11(3,12)8(16)18-5-2/h4-7,12H2,1-3H3,(H,13,17). The van der Waals surface area contributed by atoms with Crippen LogP contribution in [-0.4, -0.2) is 38.6 Å². The van der Waals surface area contributed by atoms with E-state index in [1.54, 1.807) is 13.8 Å². The summed E-state index contributed by atoms with van der Waals surface area (Å²) in [5.74, 6) is 0.168. The first-order valence-corrected chi connectivity index (χ1v) is 7.15. The minimum absolute atomic E-state index is 0.231. The highest BCUT2D eigenvalue weighted by molar-refractivity contribution is 7.99. The van der Waals surface area contributed by atoms with Gasteiger partial charge in [0.05, 0.1) is 6.61 Å². The molecule has 7 nitrogen and oxygen atoms in total. The van der Waals surface area contributed by atoms with E-state index < -0.39 is 11.5 Å². The Bertz CT molecular complexity index is 481. The third kappa shape index (κ3) is 4.10. The fraction of sp³-hybridized carbons (Fsp3) is 0.727. The molecule has 0 bridgehead atoms. The molecule has 0 spiro atoms. The molecule has 0 aromatic carbocycles. The Morgan fingerprint density at radius 3 is 2.84 bits per heavy atom. The lowest BCUT2D eigenvalue weighted by molar-refractivity contribution is -0.149. The number of H-pyrrole nitrogens is 1. The van der Waals surface area contributed by atoms with Gasteiger partial charge in [-0.1, -0.05) is 11.8 Å². The predicted octanol–water partition coefficient (Wildman–Crippen LogP) is 0.354. The van der Waals surface area contributed by atoms with E-state index in [-0.39, 0.29) is 5.69 Å². The Hall–Kier alpha value is -1.28. The molecule has 0 aliphatic heterocycles. The molecule has 0 amide bonds. The van der Waals surface area contributed by atoms with E-state index in [9.17, 15) is 9.59 Å². The fourth-order valence-electron chi connectivity index (χ4n) is 1.44. The Balaban J connectivity index is 2.54. The summed E-state index contributed by atoms with van der Waals surface area (Å²) in [5.41, 5.74) is 4.65. The van der Waals surface area contributed by atoms with E-state index in [1.807, 2.05) is 6.92 Å². The molecule has 0 aliphatic rings. The molecule has 8 heteroatoms. The van der Waals surface area contributed by atoms with Crippen LogP contribution in [-0.2, 0) is 16.1 Å². The summed E-state index contributed by atoms with van der Waals surface area (Å²) < 4.78 is 6.44. The summed E-state index contributed by atoms with van der Waals surface area (Å²) >= 11 is 1.39. The Morgan fingerprint density at radius 2 is 2.26 bits per heavy atom. The van der Waals surface area contributed by atoms with Gasteiger partial charge >= 0.3 is 11.7 Å². The molecule has 0 saturated carbocycles. The summed E-state index contributed by atoms with van der Waals surface area (Å²) in [6, 6.07) is 0. The van der Waals surface area contributed by atoms with Crippen molar-refractivity contribution in [3.63, 3.8) is 0 Å². The molecule has 0 fully saturated rings. The first kappa shape index (κ1) is 15.8. The number of aromatic nitrogens is 3. The van der Waals surface area contributed by atoms with Gasteiger partial charge in [0, 0.05) is 12.3 Å². The first-order chi connectivity index (χ1) is 8.92. The van der Waals surface area contributed by atoms with Gasteiger partial charge in [0.25, 0.3) is 0 Å². The van der Waals surface area contributed by atoms with E-state index in [1.165, 1.54) is 16.3 Å². The molecular weight excluding hydrogens is 268 g/mol. The molecule has 1 aromatic rings. The van der Waals surface area contributed by atoms with Crippen LogP contribution in [0.4, 0.5) is 0 Å². The maximum Gasteiger partial charge on any atom is 0.343 e. The van der Waals surface area contributed by atoms with Crippen molar-refractivity contribution in [2.75, 3.05) is 12.4 Å².